The number of aliphatic hydroxyl groups excluding tert-OH is 1. The van der Waals surface area contributed by atoms with Crippen molar-refractivity contribution in [3.63, 3.8) is 0 Å². The monoisotopic (exact) mass is 636 g/mol. The van der Waals surface area contributed by atoms with E-state index in [1.807, 2.05) is 42.8 Å². The normalized spacial score (nSPS) is 11.4. The topological polar surface area (TPSA) is 124 Å². The van der Waals surface area contributed by atoms with Gasteiger partial charge in [-0.05, 0) is 19.1 Å². The summed E-state index contributed by atoms with van der Waals surface area (Å²) >= 11 is 4.55. The number of methoxy groups -OCH3 is 2. The van der Waals surface area contributed by atoms with E-state index in [-0.39, 0.29) is 25.7 Å². The van der Waals surface area contributed by atoms with E-state index >= 15 is 0 Å². The first kappa shape index (κ1) is 29.1. The van der Waals surface area contributed by atoms with Gasteiger partial charge in [-0.2, -0.15) is 5.10 Å². The largest absolute Gasteiger partial charge is 0.497 e. The minimum atomic E-state index is -0.152. The Morgan fingerprint density at radius 1 is 1.05 bits per heavy atom. The lowest BCUT2D eigenvalue weighted by molar-refractivity contribution is 0.0656. The van der Waals surface area contributed by atoms with Crippen molar-refractivity contribution in [1.29, 1.82) is 0 Å². The number of hydrogen-bond acceptors (Lipinski definition) is 12. The number of amides is 1. The first-order valence-electron chi connectivity index (χ1n) is 13.3. The SMILES string of the molecule is COCCN(CCO)C(=O)c1ccc(-c2nc(COc3cc(OC)cc4nc(-c5cn6nc(C)sc6n5)sc34)cs2)cc1. The first-order chi connectivity index (χ1) is 20.9. The Labute approximate surface area is 259 Å². The molecule has 6 aromatic rings. The highest BCUT2D eigenvalue weighted by Gasteiger charge is 2.18. The average Bonchev–Trinajstić information content (AvgIpc) is 3.81. The molecule has 0 saturated heterocycles. The van der Waals surface area contributed by atoms with E-state index in [2.05, 4.69) is 5.10 Å². The Morgan fingerprint density at radius 3 is 2.63 bits per heavy atom. The second-order valence-electron chi connectivity index (χ2n) is 9.49. The van der Waals surface area contributed by atoms with Crippen molar-refractivity contribution >= 4 is 55.1 Å². The van der Waals surface area contributed by atoms with Crippen LogP contribution in [-0.2, 0) is 11.3 Å². The van der Waals surface area contributed by atoms with Gasteiger partial charge in [-0.15, -0.1) is 22.7 Å². The lowest BCUT2D eigenvalue weighted by Gasteiger charge is -2.21. The summed E-state index contributed by atoms with van der Waals surface area (Å²) in [6.45, 7) is 3.18. The van der Waals surface area contributed by atoms with Crippen molar-refractivity contribution in [2.45, 2.75) is 13.5 Å². The van der Waals surface area contributed by atoms with E-state index in [1.54, 1.807) is 35.8 Å². The molecular formula is C29H28N6O5S3. The summed E-state index contributed by atoms with van der Waals surface area (Å²) in [5.74, 6) is 1.16. The molecule has 0 atom stereocenters. The van der Waals surface area contributed by atoms with E-state index < -0.39 is 0 Å². The van der Waals surface area contributed by atoms with Gasteiger partial charge in [-0.25, -0.2) is 19.5 Å². The van der Waals surface area contributed by atoms with Crippen LogP contribution in [0.25, 0.3) is 36.5 Å². The van der Waals surface area contributed by atoms with E-state index in [9.17, 15) is 9.90 Å². The maximum absolute atomic E-state index is 12.9. The zero-order valence-electron chi connectivity index (χ0n) is 23.6. The van der Waals surface area contributed by atoms with E-state index in [0.717, 1.165) is 47.2 Å². The number of imidazole rings is 1. The summed E-state index contributed by atoms with van der Waals surface area (Å²) in [5.41, 5.74) is 3.76. The lowest BCUT2D eigenvalue weighted by atomic mass is 10.1. The summed E-state index contributed by atoms with van der Waals surface area (Å²) < 4.78 is 19.5. The molecule has 4 aromatic heterocycles. The number of carbonyl (C=O) groups is 1. The Morgan fingerprint density at radius 2 is 1.88 bits per heavy atom. The molecule has 0 spiro atoms. The summed E-state index contributed by atoms with van der Waals surface area (Å²) in [6.07, 6.45) is 1.89. The average molecular weight is 637 g/mol. The van der Waals surface area contributed by atoms with Gasteiger partial charge in [0.15, 0.2) is 0 Å². The van der Waals surface area contributed by atoms with Crippen molar-refractivity contribution in [2.75, 3.05) is 40.5 Å². The summed E-state index contributed by atoms with van der Waals surface area (Å²) in [5, 5.41) is 18.3. The molecule has 0 saturated carbocycles. The van der Waals surface area contributed by atoms with Gasteiger partial charge in [-0.3, -0.25) is 4.79 Å². The lowest BCUT2D eigenvalue weighted by Crippen LogP contribution is -2.36. The van der Waals surface area contributed by atoms with Gasteiger partial charge in [0, 0.05) is 48.8 Å². The van der Waals surface area contributed by atoms with Crippen LogP contribution in [0.4, 0.5) is 0 Å². The van der Waals surface area contributed by atoms with Crippen LogP contribution in [0.1, 0.15) is 21.1 Å². The van der Waals surface area contributed by atoms with Crippen molar-refractivity contribution in [3.8, 4) is 32.8 Å². The molecule has 0 aliphatic carbocycles. The van der Waals surface area contributed by atoms with E-state index in [0.29, 0.717) is 30.2 Å². The van der Waals surface area contributed by atoms with Crippen LogP contribution in [0, 0.1) is 6.92 Å². The molecule has 1 amide bonds. The zero-order valence-corrected chi connectivity index (χ0v) is 26.1. The van der Waals surface area contributed by atoms with Crippen molar-refractivity contribution < 1.29 is 24.1 Å². The molecule has 0 aliphatic rings. The number of thiazole rings is 2. The molecule has 6 rings (SSSR count). The smallest absolute Gasteiger partial charge is 0.254 e. The van der Waals surface area contributed by atoms with Gasteiger partial charge >= 0.3 is 0 Å². The first-order valence-corrected chi connectivity index (χ1v) is 15.9. The number of nitrogens with zero attached hydrogens (tertiary/aromatic N) is 6. The second-order valence-corrected chi connectivity index (χ2v) is 12.5. The molecule has 0 bridgehead atoms. The number of aryl methyl sites for hydroxylation is 1. The van der Waals surface area contributed by atoms with Gasteiger partial charge in [0.05, 0.1) is 42.4 Å². The summed E-state index contributed by atoms with van der Waals surface area (Å²) in [6, 6.07) is 11.1. The third-order valence-electron chi connectivity index (χ3n) is 6.56. The fourth-order valence-electron chi connectivity index (χ4n) is 4.45. The van der Waals surface area contributed by atoms with Crippen LogP contribution in [0.3, 0.4) is 0 Å². The van der Waals surface area contributed by atoms with Crippen LogP contribution >= 0.6 is 34.0 Å². The third kappa shape index (κ3) is 6.24. The maximum Gasteiger partial charge on any atom is 0.254 e. The fourth-order valence-corrected chi connectivity index (χ4v) is 6.95. The number of aliphatic hydroxyl groups is 1. The molecule has 0 aliphatic heterocycles. The number of hydrogen-bond donors (Lipinski definition) is 1. The number of carbonyl (C=O) groups excluding carboxylic acids is 1. The van der Waals surface area contributed by atoms with Gasteiger partial charge in [0.25, 0.3) is 5.91 Å². The summed E-state index contributed by atoms with van der Waals surface area (Å²) in [4.78, 5) is 29.5. The minimum absolute atomic E-state index is 0.107. The maximum atomic E-state index is 12.9. The predicted molar refractivity (Wildman–Crippen MR) is 168 cm³/mol. The van der Waals surface area contributed by atoms with Gasteiger partial charge in [0.1, 0.15) is 38.8 Å². The molecule has 43 heavy (non-hydrogen) atoms. The van der Waals surface area contributed by atoms with Crippen LogP contribution in [0.2, 0.25) is 0 Å². The van der Waals surface area contributed by atoms with Gasteiger partial charge in [0.2, 0.25) is 4.96 Å². The standard InChI is InChI=1S/C29H28N6O5S3/c1-17-33-35-14-23(32-29(35)42-17)27-31-22-12-21(39-3)13-24(25(22)43-27)40-15-20-16-41-26(30-20)18-4-6-19(7-5-18)28(37)34(8-10-36)9-11-38-2/h4-7,12-14,16,36H,8-11,15H2,1-3H3. The molecular weight excluding hydrogens is 609 g/mol. The van der Waals surface area contributed by atoms with Gasteiger partial charge in [-0.1, -0.05) is 23.5 Å². The highest BCUT2D eigenvalue weighted by molar-refractivity contribution is 7.22. The Balaban J connectivity index is 1.17. The van der Waals surface area contributed by atoms with E-state index in [4.69, 9.17) is 29.2 Å². The summed E-state index contributed by atoms with van der Waals surface area (Å²) in [7, 11) is 3.20. The highest BCUT2D eigenvalue weighted by Crippen LogP contribution is 2.39. The van der Waals surface area contributed by atoms with Crippen molar-refractivity contribution in [2.24, 2.45) is 0 Å². The molecule has 11 nitrogen and oxygen atoms in total. The van der Waals surface area contributed by atoms with Crippen molar-refractivity contribution in [1.82, 2.24) is 29.5 Å². The number of ether oxygens (including phenoxy) is 3. The van der Waals surface area contributed by atoms with Crippen LogP contribution in [0.5, 0.6) is 11.5 Å². The molecule has 2 aromatic carbocycles. The highest BCUT2D eigenvalue weighted by atomic mass is 32.1. The minimum Gasteiger partial charge on any atom is -0.497 e. The van der Waals surface area contributed by atoms with Crippen molar-refractivity contribution in [3.05, 3.63) is 64.2 Å². The quantitative estimate of drug-likeness (QED) is 0.194. The molecule has 222 valence electrons. The van der Waals surface area contributed by atoms with Crippen LogP contribution < -0.4 is 9.47 Å². The molecule has 1 N–H and O–H groups in total. The predicted octanol–water partition coefficient (Wildman–Crippen LogP) is 5.17. The molecule has 0 radical (unpaired) electrons. The fraction of sp³-hybridized carbons (Fsp3) is 0.276. The number of benzene rings is 2. The molecule has 4 heterocycles. The Bertz CT molecular complexity index is 1850. The third-order valence-corrected chi connectivity index (χ3v) is 9.44. The Hall–Kier alpha value is -3.95. The van der Waals surface area contributed by atoms with Crippen LogP contribution in [-0.4, -0.2) is 81.0 Å². The molecule has 0 fully saturated rings. The second kappa shape index (κ2) is 12.7. The van der Waals surface area contributed by atoms with Gasteiger partial charge < -0.3 is 24.2 Å². The van der Waals surface area contributed by atoms with E-state index in [1.165, 1.54) is 34.0 Å². The Kier molecular flexibility index (Phi) is 8.63. The van der Waals surface area contributed by atoms with Crippen LogP contribution in [0.15, 0.2) is 48.0 Å². The number of rotatable bonds is 12. The number of aromatic nitrogens is 5. The zero-order chi connectivity index (χ0) is 29.9. The number of fused-ring (bicyclic) bond motifs is 2. The molecule has 0 unspecified atom stereocenters. The molecule has 14 heteroatoms.